The minimum absolute atomic E-state index is 0.00769. The fourth-order valence-corrected chi connectivity index (χ4v) is 2.81. The molecule has 21 heavy (non-hydrogen) atoms. The van der Waals surface area contributed by atoms with Gasteiger partial charge in [-0.25, -0.2) is 0 Å². The predicted octanol–water partition coefficient (Wildman–Crippen LogP) is 4.60. The Morgan fingerprint density at radius 2 is 2.19 bits per heavy atom. The largest absolute Gasteiger partial charge is 0.495 e. The standard InChI is InChI=1S/C16H18BrClN2O/c1-3-8-19-15(16-12(17)5-4-9-20-16)11-6-7-13(18)14(10-11)21-2/h4-7,9-10,15,19H,3,8H2,1-2H3. The molecule has 0 radical (unpaired) electrons. The first-order valence-corrected chi connectivity index (χ1v) is 8.01. The fraction of sp³-hybridized carbons (Fsp3) is 0.312. The molecular weight excluding hydrogens is 352 g/mol. The zero-order valence-corrected chi connectivity index (χ0v) is 14.4. The van der Waals surface area contributed by atoms with Gasteiger partial charge in [0.05, 0.1) is 23.9 Å². The van der Waals surface area contributed by atoms with Crippen LogP contribution in [0, 0.1) is 0 Å². The van der Waals surface area contributed by atoms with Crippen LogP contribution < -0.4 is 10.1 Å². The van der Waals surface area contributed by atoms with Gasteiger partial charge in [-0.3, -0.25) is 4.98 Å². The van der Waals surface area contributed by atoms with Crippen LogP contribution in [0.25, 0.3) is 0 Å². The normalized spacial score (nSPS) is 12.2. The second kappa shape index (κ2) is 7.78. The van der Waals surface area contributed by atoms with Gasteiger partial charge in [-0.05, 0) is 58.7 Å². The van der Waals surface area contributed by atoms with Crippen molar-refractivity contribution in [3.05, 3.63) is 57.3 Å². The summed E-state index contributed by atoms with van der Waals surface area (Å²) in [5, 5.41) is 4.13. The smallest absolute Gasteiger partial charge is 0.137 e. The SMILES string of the molecule is CCCNC(c1ccc(Cl)c(OC)c1)c1ncccc1Br. The Bertz CT molecular complexity index is 607. The molecule has 0 bridgehead atoms. The molecule has 0 amide bonds. The van der Waals surface area contributed by atoms with Crippen molar-refractivity contribution in [1.29, 1.82) is 0 Å². The Kier molecular flexibility index (Phi) is 6.03. The summed E-state index contributed by atoms with van der Waals surface area (Å²) in [4.78, 5) is 4.50. The van der Waals surface area contributed by atoms with Crippen LogP contribution >= 0.6 is 27.5 Å². The van der Waals surface area contributed by atoms with Crippen molar-refractivity contribution in [1.82, 2.24) is 10.3 Å². The number of nitrogens with one attached hydrogen (secondary N) is 1. The van der Waals surface area contributed by atoms with Crippen LogP contribution in [0.15, 0.2) is 41.0 Å². The Morgan fingerprint density at radius 1 is 1.38 bits per heavy atom. The molecule has 0 aliphatic carbocycles. The van der Waals surface area contributed by atoms with E-state index in [2.05, 4.69) is 33.2 Å². The second-order valence-corrected chi connectivity index (χ2v) is 5.91. The fourth-order valence-electron chi connectivity index (χ4n) is 2.13. The van der Waals surface area contributed by atoms with Crippen molar-refractivity contribution < 1.29 is 4.74 Å². The second-order valence-electron chi connectivity index (χ2n) is 4.65. The zero-order valence-electron chi connectivity index (χ0n) is 12.1. The summed E-state index contributed by atoms with van der Waals surface area (Å²) < 4.78 is 6.29. The summed E-state index contributed by atoms with van der Waals surface area (Å²) in [6.45, 7) is 3.04. The lowest BCUT2D eigenvalue weighted by Gasteiger charge is -2.20. The van der Waals surface area contributed by atoms with Crippen molar-refractivity contribution in [3.8, 4) is 5.75 Å². The zero-order chi connectivity index (χ0) is 15.2. The van der Waals surface area contributed by atoms with Gasteiger partial charge in [0.15, 0.2) is 0 Å². The van der Waals surface area contributed by atoms with Crippen molar-refractivity contribution in [2.45, 2.75) is 19.4 Å². The van der Waals surface area contributed by atoms with Crippen LogP contribution in [0.1, 0.15) is 30.6 Å². The molecule has 1 aromatic heterocycles. The highest BCUT2D eigenvalue weighted by molar-refractivity contribution is 9.10. The molecule has 0 spiro atoms. The Balaban J connectivity index is 2.43. The van der Waals surface area contributed by atoms with E-state index in [1.807, 2.05) is 30.3 Å². The van der Waals surface area contributed by atoms with Crippen LogP contribution in [0.2, 0.25) is 5.02 Å². The van der Waals surface area contributed by atoms with Gasteiger partial charge >= 0.3 is 0 Å². The quantitative estimate of drug-likeness (QED) is 0.808. The third-order valence-corrected chi connectivity index (χ3v) is 4.15. The summed E-state index contributed by atoms with van der Waals surface area (Å²) in [5.74, 6) is 0.671. The average molecular weight is 370 g/mol. The number of rotatable bonds is 6. The highest BCUT2D eigenvalue weighted by atomic mass is 79.9. The highest BCUT2D eigenvalue weighted by Gasteiger charge is 2.18. The van der Waals surface area contributed by atoms with E-state index < -0.39 is 0 Å². The maximum Gasteiger partial charge on any atom is 0.137 e. The molecule has 1 unspecified atom stereocenters. The summed E-state index contributed by atoms with van der Waals surface area (Å²) >= 11 is 9.69. The van der Waals surface area contributed by atoms with E-state index in [4.69, 9.17) is 16.3 Å². The lowest BCUT2D eigenvalue weighted by atomic mass is 10.0. The molecule has 1 aromatic carbocycles. The molecule has 1 atom stereocenters. The van der Waals surface area contributed by atoms with Crippen molar-refractivity contribution >= 4 is 27.5 Å². The Labute approximate surface area is 138 Å². The maximum atomic E-state index is 6.11. The number of hydrogen-bond acceptors (Lipinski definition) is 3. The minimum atomic E-state index is -0.00769. The number of benzene rings is 1. The summed E-state index contributed by atoms with van der Waals surface area (Å²) in [6, 6.07) is 9.71. The number of hydrogen-bond donors (Lipinski definition) is 1. The first kappa shape index (κ1) is 16.3. The van der Waals surface area contributed by atoms with Gasteiger partial charge in [0.1, 0.15) is 5.75 Å². The number of pyridine rings is 1. The van der Waals surface area contributed by atoms with Crippen LogP contribution in [-0.2, 0) is 0 Å². The number of methoxy groups -OCH3 is 1. The van der Waals surface area contributed by atoms with Crippen LogP contribution in [-0.4, -0.2) is 18.6 Å². The lowest BCUT2D eigenvalue weighted by molar-refractivity contribution is 0.413. The molecule has 1 N–H and O–H groups in total. The van der Waals surface area contributed by atoms with Gasteiger partial charge in [0.25, 0.3) is 0 Å². The van der Waals surface area contributed by atoms with E-state index >= 15 is 0 Å². The minimum Gasteiger partial charge on any atom is -0.495 e. The van der Waals surface area contributed by atoms with Crippen molar-refractivity contribution in [2.75, 3.05) is 13.7 Å². The highest BCUT2D eigenvalue weighted by Crippen LogP contribution is 2.32. The Hall–Kier alpha value is -1.10. The summed E-state index contributed by atoms with van der Waals surface area (Å²) in [5.41, 5.74) is 2.03. The van der Waals surface area contributed by atoms with Crippen LogP contribution in [0.3, 0.4) is 0 Å². The van der Waals surface area contributed by atoms with Crippen LogP contribution in [0.5, 0.6) is 5.75 Å². The first-order valence-electron chi connectivity index (χ1n) is 6.84. The van der Waals surface area contributed by atoms with Gasteiger partial charge in [0, 0.05) is 10.7 Å². The maximum absolute atomic E-state index is 6.11. The van der Waals surface area contributed by atoms with E-state index in [-0.39, 0.29) is 6.04 Å². The molecule has 0 saturated heterocycles. The van der Waals surface area contributed by atoms with Crippen molar-refractivity contribution in [2.24, 2.45) is 0 Å². The molecular formula is C16H18BrClN2O. The van der Waals surface area contributed by atoms with Crippen LogP contribution in [0.4, 0.5) is 0 Å². The van der Waals surface area contributed by atoms with Gasteiger partial charge in [-0.2, -0.15) is 0 Å². The average Bonchev–Trinajstić information content (AvgIpc) is 2.50. The molecule has 1 heterocycles. The molecule has 3 nitrogen and oxygen atoms in total. The molecule has 0 aliphatic rings. The van der Waals surface area contributed by atoms with Gasteiger partial charge in [0.2, 0.25) is 0 Å². The molecule has 112 valence electrons. The lowest BCUT2D eigenvalue weighted by Crippen LogP contribution is -2.24. The molecule has 5 heteroatoms. The third-order valence-electron chi connectivity index (χ3n) is 3.17. The Morgan fingerprint density at radius 3 is 2.86 bits per heavy atom. The van der Waals surface area contributed by atoms with Gasteiger partial charge in [-0.1, -0.05) is 24.6 Å². The van der Waals surface area contributed by atoms with Gasteiger partial charge in [-0.15, -0.1) is 0 Å². The van der Waals surface area contributed by atoms with E-state index in [0.717, 1.165) is 28.7 Å². The topological polar surface area (TPSA) is 34.1 Å². The molecule has 0 aliphatic heterocycles. The van der Waals surface area contributed by atoms with E-state index in [1.165, 1.54) is 0 Å². The number of ether oxygens (including phenoxy) is 1. The molecule has 0 saturated carbocycles. The van der Waals surface area contributed by atoms with Gasteiger partial charge < -0.3 is 10.1 Å². The molecule has 2 aromatic rings. The molecule has 2 rings (SSSR count). The summed E-state index contributed by atoms with van der Waals surface area (Å²) in [6.07, 6.45) is 2.85. The number of aromatic nitrogens is 1. The van der Waals surface area contributed by atoms with E-state index in [9.17, 15) is 0 Å². The van der Waals surface area contributed by atoms with Crippen molar-refractivity contribution in [3.63, 3.8) is 0 Å². The monoisotopic (exact) mass is 368 g/mol. The van der Waals surface area contributed by atoms with E-state index in [1.54, 1.807) is 13.3 Å². The first-order chi connectivity index (χ1) is 10.2. The number of nitrogens with zero attached hydrogens (tertiary/aromatic N) is 1. The number of halogens is 2. The third kappa shape index (κ3) is 3.96. The molecule has 0 fully saturated rings. The summed E-state index contributed by atoms with van der Waals surface area (Å²) in [7, 11) is 1.62. The predicted molar refractivity (Wildman–Crippen MR) is 90.1 cm³/mol. The van der Waals surface area contributed by atoms with E-state index in [0.29, 0.717) is 10.8 Å².